The van der Waals surface area contributed by atoms with E-state index >= 15 is 0 Å². The highest BCUT2D eigenvalue weighted by Crippen LogP contribution is 2.30. The van der Waals surface area contributed by atoms with Crippen LogP contribution in [0.4, 0.5) is 0 Å². The van der Waals surface area contributed by atoms with Crippen LogP contribution in [0.5, 0.6) is 5.75 Å². The van der Waals surface area contributed by atoms with Crippen LogP contribution in [0.1, 0.15) is 33.3 Å². The van der Waals surface area contributed by atoms with Crippen molar-refractivity contribution in [2.75, 3.05) is 6.61 Å². The second-order valence-corrected chi connectivity index (χ2v) is 6.16. The van der Waals surface area contributed by atoms with Crippen LogP contribution in [0.15, 0.2) is 24.3 Å². The van der Waals surface area contributed by atoms with Crippen molar-refractivity contribution in [2.45, 2.75) is 40.2 Å². The highest BCUT2D eigenvalue weighted by Gasteiger charge is 2.44. The van der Waals surface area contributed by atoms with E-state index in [0.29, 0.717) is 5.75 Å². The Kier molecular flexibility index (Phi) is 4.99. The van der Waals surface area contributed by atoms with Crippen LogP contribution in [-0.2, 0) is 9.59 Å². The number of hydrogen-bond donors (Lipinski definition) is 2. The fraction of sp³-hybridized carbons (Fsp3) is 0.500. The zero-order chi connectivity index (χ0) is 16.3. The van der Waals surface area contributed by atoms with Crippen molar-refractivity contribution >= 4 is 11.9 Å². The Balaban J connectivity index is 2.66. The Morgan fingerprint density at radius 2 is 1.76 bits per heavy atom. The number of carboxylic acid groups (broad SMARTS) is 1. The Bertz CT molecular complexity index is 535. The van der Waals surface area contributed by atoms with Crippen LogP contribution >= 0.6 is 0 Å². The first-order valence-corrected chi connectivity index (χ1v) is 6.81. The number of hydrogen-bond acceptors (Lipinski definition) is 3. The molecule has 0 aliphatic carbocycles. The normalized spacial score (nSPS) is 11.9. The van der Waals surface area contributed by atoms with Gasteiger partial charge in [0.25, 0.3) is 5.91 Å². The summed E-state index contributed by atoms with van der Waals surface area (Å²) in [5.74, 6) is -0.673. The maximum absolute atomic E-state index is 12.0. The van der Waals surface area contributed by atoms with Crippen molar-refractivity contribution in [3.8, 4) is 5.75 Å². The predicted molar refractivity (Wildman–Crippen MR) is 80.3 cm³/mol. The van der Waals surface area contributed by atoms with Crippen molar-refractivity contribution in [1.82, 2.24) is 5.32 Å². The van der Waals surface area contributed by atoms with Gasteiger partial charge in [-0.25, -0.2) is 0 Å². The summed E-state index contributed by atoms with van der Waals surface area (Å²) in [5.41, 5.74) is -1.05. The number of nitrogens with one attached hydrogen (secondary N) is 1. The second kappa shape index (κ2) is 6.16. The average Bonchev–Trinajstić information content (AvgIpc) is 2.36. The van der Waals surface area contributed by atoms with Gasteiger partial charge in [0.05, 0.1) is 11.0 Å². The molecule has 5 heteroatoms. The number of aryl methyl sites for hydroxylation is 1. The summed E-state index contributed by atoms with van der Waals surface area (Å²) in [4.78, 5) is 23.3. The van der Waals surface area contributed by atoms with Crippen LogP contribution in [0.3, 0.4) is 0 Å². The smallest absolute Gasteiger partial charge is 0.311 e. The van der Waals surface area contributed by atoms with Crippen molar-refractivity contribution in [3.05, 3.63) is 29.8 Å². The van der Waals surface area contributed by atoms with E-state index in [-0.39, 0.29) is 12.5 Å². The molecule has 0 bridgehead atoms. The van der Waals surface area contributed by atoms with E-state index in [1.807, 2.05) is 25.1 Å². The number of benzene rings is 1. The molecule has 0 spiro atoms. The summed E-state index contributed by atoms with van der Waals surface area (Å²) in [6.07, 6.45) is 0. The maximum Gasteiger partial charge on any atom is 0.311 e. The van der Waals surface area contributed by atoms with Crippen molar-refractivity contribution in [2.24, 2.45) is 5.41 Å². The molecule has 1 amide bonds. The van der Waals surface area contributed by atoms with Gasteiger partial charge in [0.15, 0.2) is 6.61 Å². The lowest BCUT2D eigenvalue weighted by molar-refractivity contribution is -0.152. The van der Waals surface area contributed by atoms with Gasteiger partial charge in [-0.1, -0.05) is 18.2 Å². The van der Waals surface area contributed by atoms with Crippen LogP contribution in [-0.4, -0.2) is 29.1 Å². The Morgan fingerprint density at radius 3 is 2.29 bits per heavy atom. The quantitative estimate of drug-likeness (QED) is 0.844. The van der Waals surface area contributed by atoms with Crippen molar-refractivity contribution < 1.29 is 19.4 Å². The molecule has 0 aromatic heterocycles. The van der Waals surface area contributed by atoms with Crippen LogP contribution in [0, 0.1) is 12.3 Å². The summed E-state index contributed by atoms with van der Waals surface area (Å²) < 4.78 is 5.46. The second-order valence-electron chi connectivity index (χ2n) is 6.16. The number of aliphatic carboxylic acids is 1. The minimum Gasteiger partial charge on any atom is -0.484 e. The summed E-state index contributed by atoms with van der Waals surface area (Å²) in [6, 6.07) is 7.40. The van der Waals surface area contributed by atoms with Crippen LogP contribution in [0.2, 0.25) is 0 Å². The SMILES string of the molecule is Cc1ccccc1OCC(=O)NC(C)(C)C(C)(C)C(=O)O. The zero-order valence-electron chi connectivity index (χ0n) is 13.2. The number of carbonyl (C=O) groups excluding carboxylic acids is 1. The zero-order valence-corrected chi connectivity index (χ0v) is 13.2. The third-order valence-corrected chi connectivity index (χ3v) is 4.00. The standard InChI is InChI=1S/C16H23NO4/c1-11-8-6-7-9-12(11)21-10-13(18)17-16(4,5)15(2,3)14(19)20/h6-9H,10H2,1-5H3,(H,17,18)(H,19,20). The molecule has 1 aromatic carbocycles. The molecule has 0 radical (unpaired) electrons. The number of amides is 1. The molecule has 2 N–H and O–H groups in total. The molecule has 5 nitrogen and oxygen atoms in total. The number of para-hydroxylation sites is 1. The molecule has 116 valence electrons. The van der Waals surface area contributed by atoms with Gasteiger partial charge in [-0.15, -0.1) is 0 Å². The number of ether oxygens (including phenoxy) is 1. The van der Waals surface area contributed by atoms with Gasteiger partial charge in [0, 0.05) is 0 Å². The minimum absolute atomic E-state index is 0.149. The average molecular weight is 293 g/mol. The molecular formula is C16H23NO4. The molecule has 0 saturated heterocycles. The van der Waals surface area contributed by atoms with E-state index in [9.17, 15) is 14.7 Å². The topological polar surface area (TPSA) is 75.6 Å². The van der Waals surface area contributed by atoms with Gasteiger partial charge >= 0.3 is 5.97 Å². The van der Waals surface area contributed by atoms with E-state index in [1.54, 1.807) is 33.8 Å². The van der Waals surface area contributed by atoms with Gasteiger partial charge in [0.1, 0.15) is 5.75 Å². The highest BCUT2D eigenvalue weighted by atomic mass is 16.5. The van der Waals surface area contributed by atoms with E-state index < -0.39 is 16.9 Å². The van der Waals surface area contributed by atoms with E-state index in [0.717, 1.165) is 5.56 Å². The lowest BCUT2D eigenvalue weighted by Crippen LogP contribution is -2.57. The van der Waals surface area contributed by atoms with E-state index in [2.05, 4.69) is 5.32 Å². The highest BCUT2D eigenvalue weighted by molar-refractivity contribution is 5.81. The minimum atomic E-state index is -1.09. The number of carboxylic acids is 1. The first-order valence-electron chi connectivity index (χ1n) is 6.81. The van der Waals surface area contributed by atoms with Crippen molar-refractivity contribution in [1.29, 1.82) is 0 Å². The maximum atomic E-state index is 12.0. The predicted octanol–water partition coefficient (Wildman–Crippen LogP) is 2.38. The van der Waals surface area contributed by atoms with E-state index in [1.165, 1.54) is 0 Å². The summed E-state index contributed by atoms with van der Waals surface area (Å²) >= 11 is 0. The molecule has 0 atom stereocenters. The van der Waals surface area contributed by atoms with Crippen molar-refractivity contribution in [3.63, 3.8) is 0 Å². The summed E-state index contributed by atoms with van der Waals surface area (Å²) in [7, 11) is 0. The third-order valence-electron chi connectivity index (χ3n) is 4.00. The molecule has 0 aliphatic heterocycles. The summed E-state index contributed by atoms with van der Waals surface area (Å²) in [6.45, 7) is 8.28. The van der Waals surface area contributed by atoms with Gasteiger partial charge in [-0.2, -0.15) is 0 Å². The number of rotatable bonds is 6. The molecule has 0 fully saturated rings. The van der Waals surface area contributed by atoms with Crippen LogP contribution in [0.25, 0.3) is 0 Å². The first kappa shape index (κ1) is 17.0. The van der Waals surface area contributed by atoms with E-state index in [4.69, 9.17) is 4.74 Å². The monoisotopic (exact) mass is 293 g/mol. The molecule has 0 aliphatic rings. The molecular weight excluding hydrogens is 270 g/mol. The number of carbonyl (C=O) groups is 2. The first-order chi connectivity index (χ1) is 9.58. The third kappa shape index (κ3) is 3.97. The lowest BCUT2D eigenvalue weighted by Gasteiger charge is -2.38. The Labute approximate surface area is 125 Å². The fourth-order valence-corrected chi connectivity index (χ4v) is 1.67. The molecule has 0 unspecified atom stereocenters. The molecule has 0 heterocycles. The largest absolute Gasteiger partial charge is 0.484 e. The molecule has 1 aromatic rings. The van der Waals surface area contributed by atoms with Gasteiger partial charge in [-0.05, 0) is 46.2 Å². The summed E-state index contributed by atoms with van der Waals surface area (Å²) in [5, 5.41) is 12.0. The van der Waals surface area contributed by atoms with Gasteiger partial charge < -0.3 is 15.2 Å². The molecule has 21 heavy (non-hydrogen) atoms. The molecule has 0 saturated carbocycles. The lowest BCUT2D eigenvalue weighted by atomic mass is 9.74. The van der Waals surface area contributed by atoms with Gasteiger partial charge in [-0.3, -0.25) is 9.59 Å². The Hall–Kier alpha value is -2.04. The van der Waals surface area contributed by atoms with Crippen LogP contribution < -0.4 is 10.1 Å². The van der Waals surface area contributed by atoms with Gasteiger partial charge in [0.2, 0.25) is 0 Å². The fourth-order valence-electron chi connectivity index (χ4n) is 1.67. The Morgan fingerprint density at radius 1 is 1.19 bits per heavy atom. The molecule has 1 rings (SSSR count).